The van der Waals surface area contributed by atoms with Gasteiger partial charge < -0.3 is 0 Å². The van der Waals surface area contributed by atoms with Gasteiger partial charge in [0.15, 0.2) is 0 Å². The maximum absolute atomic E-state index is 5.73. The van der Waals surface area contributed by atoms with Crippen molar-refractivity contribution in [1.29, 1.82) is 0 Å². The van der Waals surface area contributed by atoms with Gasteiger partial charge in [0.1, 0.15) is 0 Å². The van der Waals surface area contributed by atoms with Gasteiger partial charge in [-0.05, 0) is 37.8 Å². The zero-order valence-electron chi connectivity index (χ0n) is 8.23. The van der Waals surface area contributed by atoms with Crippen molar-refractivity contribution in [3.8, 4) is 0 Å². The van der Waals surface area contributed by atoms with Crippen LogP contribution in [0, 0.1) is 13.8 Å². The van der Waals surface area contributed by atoms with E-state index in [4.69, 9.17) is 11.6 Å². The zero-order chi connectivity index (χ0) is 9.84. The van der Waals surface area contributed by atoms with Crippen LogP contribution < -0.4 is 0 Å². The third kappa shape index (κ3) is 3.23. The van der Waals surface area contributed by atoms with Crippen LogP contribution in [-0.4, -0.2) is 0 Å². The van der Waals surface area contributed by atoms with Gasteiger partial charge in [-0.2, -0.15) is 0 Å². The zero-order valence-corrected chi connectivity index (χ0v) is 8.99. The molecular weight excluding hydrogens is 180 g/mol. The highest BCUT2D eigenvalue weighted by Gasteiger charge is 1.99. The van der Waals surface area contributed by atoms with Crippen molar-refractivity contribution in [2.24, 2.45) is 0 Å². The minimum Gasteiger partial charge on any atom is -0.0898 e. The molecule has 1 aromatic carbocycles. The molecule has 0 unspecified atom stereocenters. The molecule has 0 spiro atoms. The molecule has 0 fully saturated rings. The summed E-state index contributed by atoms with van der Waals surface area (Å²) in [4.78, 5) is 0. The van der Waals surface area contributed by atoms with E-state index < -0.39 is 0 Å². The van der Waals surface area contributed by atoms with E-state index in [0.29, 0.717) is 0 Å². The molecule has 0 heterocycles. The first-order chi connectivity index (χ1) is 6.09. The van der Waals surface area contributed by atoms with Crippen LogP contribution in [0.2, 0.25) is 0 Å². The summed E-state index contributed by atoms with van der Waals surface area (Å²) in [6, 6.07) is 6.51. The number of hydrogen-bond acceptors (Lipinski definition) is 0. The summed E-state index contributed by atoms with van der Waals surface area (Å²) in [6.07, 6.45) is 1.86. The summed E-state index contributed by atoms with van der Waals surface area (Å²) in [5.41, 5.74) is 4.02. The van der Waals surface area contributed by atoms with E-state index in [-0.39, 0.29) is 0 Å². The molecule has 1 aromatic rings. The summed E-state index contributed by atoms with van der Waals surface area (Å²) < 4.78 is 0. The van der Waals surface area contributed by atoms with Crippen molar-refractivity contribution in [3.05, 3.63) is 46.5 Å². The number of benzene rings is 1. The second kappa shape index (κ2) is 4.48. The van der Waals surface area contributed by atoms with Gasteiger partial charge in [-0.1, -0.05) is 41.9 Å². The first kappa shape index (κ1) is 10.3. The van der Waals surface area contributed by atoms with E-state index in [1.165, 1.54) is 16.7 Å². The molecule has 0 amide bonds. The molecule has 0 aliphatic rings. The Morgan fingerprint density at radius 2 is 2.08 bits per heavy atom. The Balaban J connectivity index is 2.75. The third-order valence-corrected chi connectivity index (χ3v) is 2.36. The quantitative estimate of drug-likeness (QED) is 0.683. The first-order valence-electron chi connectivity index (χ1n) is 4.49. The monoisotopic (exact) mass is 194 g/mol. The average molecular weight is 195 g/mol. The Bertz CT molecular complexity index is 313. The minimum atomic E-state index is 0.737. The molecule has 1 rings (SSSR count). The minimum absolute atomic E-state index is 0.737. The van der Waals surface area contributed by atoms with Crippen molar-refractivity contribution < 1.29 is 0 Å². The molecule has 0 aliphatic carbocycles. The number of allylic oxidation sites excluding steroid dienone is 1. The van der Waals surface area contributed by atoms with Crippen LogP contribution >= 0.6 is 11.6 Å². The van der Waals surface area contributed by atoms with Crippen molar-refractivity contribution >= 4 is 11.6 Å². The van der Waals surface area contributed by atoms with Crippen LogP contribution in [0.1, 0.15) is 23.1 Å². The van der Waals surface area contributed by atoms with Crippen LogP contribution in [0.3, 0.4) is 0 Å². The van der Waals surface area contributed by atoms with Gasteiger partial charge in [0.2, 0.25) is 0 Å². The van der Waals surface area contributed by atoms with Crippen molar-refractivity contribution in [2.45, 2.75) is 26.7 Å². The second-order valence-corrected chi connectivity index (χ2v) is 3.98. The van der Waals surface area contributed by atoms with E-state index in [1.807, 2.05) is 0 Å². The normalized spacial score (nSPS) is 10.1. The summed E-state index contributed by atoms with van der Waals surface area (Å²) >= 11 is 5.73. The Hall–Kier alpha value is -0.750. The molecule has 0 saturated carbocycles. The predicted octanol–water partition coefficient (Wildman–Crippen LogP) is 3.99. The molecular formula is C12H15Cl. The lowest BCUT2D eigenvalue weighted by atomic mass is 10.0. The lowest BCUT2D eigenvalue weighted by Crippen LogP contribution is -1.90. The average Bonchev–Trinajstić information content (AvgIpc) is 2.06. The summed E-state index contributed by atoms with van der Waals surface area (Å²) in [5.74, 6) is 0. The molecule has 0 bridgehead atoms. The lowest BCUT2D eigenvalue weighted by molar-refractivity contribution is 0.973. The molecule has 0 radical (unpaired) electrons. The van der Waals surface area contributed by atoms with Crippen LogP contribution in [0.15, 0.2) is 29.8 Å². The molecule has 0 N–H and O–H groups in total. The van der Waals surface area contributed by atoms with Crippen LogP contribution in [0.25, 0.3) is 0 Å². The summed E-state index contributed by atoms with van der Waals surface area (Å²) in [7, 11) is 0. The highest BCUT2D eigenvalue weighted by atomic mass is 35.5. The fourth-order valence-electron chi connectivity index (χ4n) is 1.34. The topological polar surface area (TPSA) is 0 Å². The fourth-order valence-corrected chi connectivity index (χ4v) is 1.43. The third-order valence-electron chi connectivity index (χ3n) is 2.17. The Labute approximate surface area is 85.2 Å². The smallest absolute Gasteiger partial charge is 0.0112 e. The van der Waals surface area contributed by atoms with E-state index >= 15 is 0 Å². The Kier molecular flexibility index (Phi) is 3.56. The number of rotatable bonds is 3. The lowest BCUT2D eigenvalue weighted by Gasteiger charge is -2.05. The van der Waals surface area contributed by atoms with E-state index in [9.17, 15) is 0 Å². The largest absolute Gasteiger partial charge is 0.0898 e. The van der Waals surface area contributed by atoms with Crippen LogP contribution in [0.5, 0.6) is 0 Å². The SMILES string of the molecule is C=C(Cl)CCc1cc(C)ccc1C. The summed E-state index contributed by atoms with van der Waals surface area (Å²) in [5, 5.41) is 0.737. The Morgan fingerprint density at radius 1 is 1.38 bits per heavy atom. The van der Waals surface area contributed by atoms with Gasteiger partial charge in [0.05, 0.1) is 0 Å². The maximum atomic E-state index is 5.73. The van der Waals surface area contributed by atoms with Crippen molar-refractivity contribution in [1.82, 2.24) is 0 Å². The molecule has 0 aromatic heterocycles. The number of halogens is 1. The molecule has 0 saturated heterocycles. The highest BCUT2D eigenvalue weighted by molar-refractivity contribution is 6.29. The summed E-state index contributed by atoms with van der Waals surface area (Å²) in [6.45, 7) is 7.93. The van der Waals surface area contributed by atoms with Gasteiger partial charge in [-0.25, -0.2) is 0 Å². The maximum Gasteiger partial charge on any atom is 0.0112 e. The first-order valence-corrected chi connectivity index (χ1v) is 4.87. The molecule has 1 heteroatoms. The predicted molar refractivity (Wildman–Crippen MR) is 59.2 cm³/mol. The molecule has 70 valence electrons. The van der Waals surface area contributed by atoms with Gasteiger partial charge in [-0.15, -0.1) is 0 Å². The molecule has 0 nitrogen and oxygen atoms in total. The van der Waals surface area contributed by atoms with Gasteiger partial charge in [0, 0.05) is 5.03 Å². The highest BCUT2D eigenvalue weighted by Crippen LogP contribution is 2.15. The molecule has 0 atom stereocenters. The fraction of sp³-hybridized carbons (Fsp3) is 0.333. The van der Waals surface area contributed by atoms with Crippen molar-refractivity contribution in [3.63, 3.8) is 0 Å². The van der Waals surface area contributed by atoms with Crippen LogP contribution in [0.4, 0.5) is 0 Å². The van der Waals surface area contributed by atoms with E-state index in [0.717, 1.165) is 17.9 Å². The van der Waals surface area contributed by atoms with E-state index in [2.05, 4.69) is 38.6 Å². The van der Waals surface area contributed by atoms with Crippen LogP contribution in [-0.2, 0) is 6.42 Å². The van der Waals surface area contributed by atoms with Gasteiger partial charge in [-0.3, -0.25) is 0 Å². The second-order valence-electron chi connectivity index (χ2n) is 3.45. The number of hydrogen-bond donors (Lipinski definition) is 0. The van der Waals surface area contributed by atoms with Gasteiger partial charge >= 0.3 is 0 Å². The Morgan fingerprint density at radius 3 is 2.69 bits per heavy atom. The standard InChI is InChI=1S/C12H15Cl/c1-9-4-5-10(2)12(8-9)7-6-11(3)13/h4-5,8H,3,6-7H2,1-2H3. The molecule has 0 aliphatic heterocycles. The molecule has 13 heavy (non-hydrogen) atoms. The van der Waals surface area contributed by atoms with Crippen molar-refractivity contribution in [2.75, 3.05) is 0 Å². The van der Waals surface area contributed by atoms with E-state index in [1.54, 1.807) is 0 Å². The van der Waals surface area contributed by atoms with Gasteiger partial charge in [0.25, 0.3) is 0 Å². The number of aryl methyl sites for hydroxylation is 3.